The van der Waals surface area contributed by atoms with Crippen molar-refractivity contribution in [3.63, 3.8) is 0 Å². The quantitative estimate of drug-likeness (QED) is 0.826. The van der Waals surface area contributed by atoms with Gasteiger partial charge in [-0.2, -0.15) is 0 Å². The number of carbonyl (C=O) groups excluding carboxylic acids is 1. The Bertz CT molecular complexity index is 432. The second kappa shape index (κ2) is 5.97. The first-order valence-corrected chi connectivity index (χ1v) is 6.89. The maximum Gasteiger partial charge on any atom is 0.255 e. The van der Waals surface area contributed by atoms with Crippen LogP contribution < -0.4 is 5.32 Å². The summed E-state index contributed by atoms with van der Waals surface area (Å²) in [7, 11) is 0. The Kier molecular flexibility index (Phi) is 4.53. The van der Waals surface area contributed by atoms with E-state index in [9.17, 15) is 4.79 Å². The number of nitrogens with zero attached hydrogens (tertiary/aromatic N) is 1. The first kappa shape index (κ1) is 14.4. The van der Waals surface area contributed by atoms with Gasteiger partial charge in [-0.25, -0.2) is 0 Å². The van der Waals surface area contributed by atoms with Gasteiger partial charge >= 0.3 is 0 Å². The predicted octanol–water partition coefficient (Wildman–Crippen LogP) is 1.82. The molecular weight excluding hydrogens is 262 g/mol. The lowest BCUT2D eigenvalue weighted by Crippen LogP contribution is -2.32. The molecule has 0 spiro atoms. The molecule has 0 radical (unpaired) electrons. The lowest BCUT2D eigenvalue weighted by atomic mass is 9.92. The van der Waals surface area contributed by atoms with Gasteiger partial charge < -0.3 is 15.2 Å². The summed E-state index contributed by atoms with van der Waals surface area (Å²) in [6.07, 6.45) is 6.01. The molecule has 2 N–H and O–H groups in total. The van der Waals surface area contributed by atoms with E-state index in [1.165, 1.54) is 0 Å². The molecule has 2 aliphatic heterocycles. The summed E-state index contributed by atoms with van der Waals surface area (Å²) < 4.78 is 0. The Balaban J connectivity index is 0.00000133. The lowest BCUT2D eigenvalue weighted by Gasteiger charge is -2.20. The molecule has 3 rings (SSSR count). The van der Waals surface area contributed by atoms with Gasteiger partial charge in [-0.05, 0) is 50.3 Å². The van der Waals surface area contributed by atoms with Crippen LogP contribution in [-0.4, -0.2) is 42.0 Å². The fraction of sp³-hybridized carbons (Fsp3) is 0.643. The van der Waals surface area contributed by atoms with E-state index in [4.69, 9.17) is 0 Å². The molecule has 4 nitrogen and oxygen atoms in total. The summed E-state index contributed by atoms with van der Waals surface area (Å²) in [5.41, 5.74) is 1.88. The van der Waals surface area contributed by atoms with E-state index in [1.807, 2.05) is 24.2 Å². The molecular formula is C14H22ClN3O. The van der Waals surface area contributed by atoms with Crippen LogP contribution in [0.25, 0.3) is 0 Å². The van der Waals surface area contributed by atoms with Crippen molar-refractivity contribution in [2.24, 2.45) is 11.8 Å². The van der Waals surface area contributed by atoms with E-state index >= 15 is 0 Å². The van der Waals surface area contributed by atoms with Crippen molar-refractivity contribution < 1.29 is 4.79 Å². The summed E-state index contributed by atoms with van der Waals surface area (Å²) in [6, 6.07) is 0. The number of aromatic amines is 1. The van der Waals surface area contributed by atoms with E-state index in [1.54, 1.807) is 0 Å². The minimum Gasteiger partial charge on any atom is -0.367 e. The molecule has 2 aliphatic rings. The number of aromatic nitrogens is 1. The third-order valence-electron chi connectivity index (χ3n) is 4.49. The number of H-pyrrole nitrogens is 1. The molecule has 5 heteroatoms. The summed E-state index contributed by atoms with van der Waals surface area (Å²) in [6.45, 7) is 6.07. The maximum atomic E-state index is 12.4. The van der Waals surface area contributed by atoms with E-state index in [0.717, 1.165) is 62.0 Å². The van der Waals surface area contributed by atoms with E-state index in [-0.39, 0.29) is 18.3 Å². The number of hydrogen-bond donors (Lipinski definition) is 2. The molecule has 3 heterocycles. The monoisotopic (exact) mass is 283 g/mol. The number of aryl methyl sites for hydroxylation is 1. The Morgan fingerprint density at radius 1 is 1.21 bits per heavy atom. The molecule has 0 aliphatic carbocycles. The van der Waals surface area contributed by atoms with E-state index < -0.39 is 0 Å². The SMILES string of the molecule is Cc1c[nH]cc1C(=O)N1CC[C@@H]2CNC[C@@H]2CC1.Cl. The Hall–Kier alpha value is -1.00. The Morgan fingerprint density at radius 3 is 2.37 bits per heavy atom. The van der Waals surface area contributed by atoms with E-state index in [2.05, 4.69) is 10.3 Å². The fourth-order valence-electron chi connectivity index (χ4n) is 3.26. The van der Waals surface area contributed by atoms with Crippen LogP contribution in [0.1, 0.15) is 28.8 Å². The van der Waals surface area contributed by atoms with Gasteiger partial charge in [-0.1, -0.05) is 0 Å². The van der Waals surface area contributed by atoms with Crippen LogP contribution >= 0.6 is 12.4 Å². The highest BCUT2D eigenvalue weighted by molar-refractivity contribution is 5.95. The molecule has 1 amide bonds. The summed E-state index contributed by atoms with van der Waals surface area (Å²) >= 11 is 0. The summed E-state index contributed by atoms with van der Waals surface area (Å²) in [4.78, 5) is 17.5. The Morgan fingerprint density at radius 2 is 1.84 bits per heavy atom. The molecule has 19 heavy (non-hydrogen) atoms. The van der Waals surface area contributed by atoms with Gasteiger partial charge in [0.25, 0.3) is 5.91 Å². The summed E-state index contributed by atoms with van der Waals surface area (Å²) in [5.74, 6) is 1.74. The zero-order valence-electron chi connectivity index (χ0n) is 11.3. The van der Waals surface area contributed by atoms with Crippen molar-refractivity contribution in [1.29, 1.82) is 0 Å². The number of rotatable bonds is 1. The number of fused-ring (bicyclic) bond motifs is 1. The van der Waals surface area contributed by atoms with Gasteiger partial charge in [0.1, 0.15) is 0 Å². The molecule has 2 fully saturated rings. The molecule has 2 saturated heterocycles. The largest absolute Gasteiger partial charge is 0.367 e. The van der Waals surface area contributed by atoms with Crippen LogP contribution in [-0.2, 0) is 0 Å². The molecule has 0 saturated carbocycles. The standard InChI is InChI=1S/C14H21N3O.ClH/c1-10-6-15-9-13(10)14(18)17-4-2-11-7-16-8-12(11)3-5-17;/h6,9,11-12,15-16H,2-5,7-8H2,1H3;1H/t11-,12+;. The predicted molar refractivity (Wildman–Crippen MR) is 77.8 cm³/mol. The second-order valence-electron chi connectivity index (χ2n) is 5.60. The maximum absolute atomic E-state index is 12.4. The number of likely N-dealkylation sites (tertiary alicyclic amines) is 1. The lowest BCUT2D eigenvalue weighted by molar-refractivity contribution is 0.0758. The number of carbonyl (C=O) groups is 1. The Labute approximate surface area is 120 Å². The highest BCUT2D eigenvalue weighted by Crippen LogP contribution is 2.27. The van der Waals surface area contributed by atoms with Crippen LogP contribution in [0.15, 0.2) is 12.4 Å². The third kappa shape index (κ3) is 2.79. The number of nitrogens with one attached hydrogen (secondary N) is 2. The van der Waals surface area contributed by atoms with Gasteiger partial charge in [0, 0.05) is 25.5 Å². The summed E-state index contributed by atoms with van der Waals surface area (Å²) in [5, 5.41) is 3.46. The number of amides is 1. The first-order valence-electron chi connectivity index (χ1n) is 6.89. The van der Waals surface area contributed by atoms with Gasteiger partial charge in [-0.3, -0.25) is 4.79 Å². The van der Waals surface area contributed by atoms with Crippen molar-refractivity contribution in [3.05, 3.63) is 23.5 Å². The smallest absolute Gasteiger partial charge is 0.255 e. The van der Waals surface area contributed by atoms with Crippen LogP contribution in [0.2, 0.25) is 0 Å². The van der Waals surface area contributed by atoms with Crippen molar-refractivity contribution in [3.8, 4) is 0 Å². The van der Waals surface area contributed by atoms with Crippen LogP contribution in [0.4, 0.5) is 0 Å². The van der Waals surface area contributed by atoms with Crippen molar-refractivity contribution in [2.45, 2.75) is 19.8 Å². The average molecular weight is 284 g/mol. The fourth-order valence-corrected chi connectivity index (χ4v) is 3.26. The second-order valence-corrected chi connectivity index (χ2v) is 5.60. The molecule has 1 aromatic rings. The van der Waals surface area contributed by atoms with Crippen molar-refractivity contribution in [1.82, 2.24) is 15.2 Å². The van der Waals surface area contributed by atoms with E-state index in [0.29, 0.717) is 0 Å². The zero-order valence-corrected chi connectivity index (χ0v) is 12.1. The minimum absolute atomic E-state index is 0. The topological polar surface area (TPSA) is 48.1 Å². The minimum atomic E-state index is 0. The average Bonchev–Trinajstić information content (AvgIpc) is 2.94. The highest BCUT2D eigenvalue weighted by Gasteiger charge is 2.31. The highest BCUT2D eigenvalue weighted by atomic mass is 35.5. The van der Waals surface area contributed by atoms with Gasteiger partial charge in [0.05, 0.1) is 5.56 Å². The van der Waals surface area contributed by atoms with Gasteiger partial charge in [0.2, 0.25) is 0 Å². The zero-order chi connectivity index (χ0) is 12.5. The number of hydrogen-bond acceptors (Lipinski definition) is 2. The van der Waals surface area contributed by atoms with Crippen LogP contribution in [0.5, 0.6) is 0 Å². The number of halogens is 1. The van der Waals surface area contributed by atoms with Gasteiger partial charge in [0.15, 0.2) is 0 Å². The van der Waals surface area contributed by atoms with Crippen molar-refractivity contribution in [2.75, 3.05) is 26.2 Å². The molecule has 0 bridgehead atoms. The molecule has 0 aromatic carbocycles. The molecule has 1 aromatic heterocycles. The van der Waals surface area contributed by atoms with Crippen LogP contribution in [0, 0.1) is 18.8 Å². The third-order valence-corrected chi connectivity index (χ3v) is 4.49. The first-order chi connectivity index (χ1) is 8.75. The molecule has 2 atom stereocenters. The van der Waals surface area contributed by atoms with Gasteiger partial charge in [-0.15, -0.1) is 12.4 Å². The normalized spacial score (nSPS) is 26.5. The molecule has 106 valence electrons. The van der Waals surface area contributed by atoms with Crippen LogP contribution in [0.3, 0.4) is 0 Å². The van der Waals surface area contributed by atoms with Crippen molar-refractivity contribution >= 4 is 18.3 Å². The molecule has 0 unspecified atom stereocenters.